The summed E-state index contributed by atoms with van der Waals surface area (Å²) in [5.41, 5.74) is 0.439. The van der Waals surface area contributed by atoms with E-state index >= 15 is 0 Å². The van der Waals surface area contributed by atoms with E-state index in [9.17, 15) is 17.6 Å². The zero-order chi connectivity index (χ0) is 19.4. The Kier molecular flexibility index (Phi) is 5.23. The molecule has 3 aromatic rings. The molecule has 0 saturated carbocycles. The summed E-state index contributed by atoms with van der Waals surface area (Å²) >= 11 is 0. The highest BCUT2D eigenvalue weighted by atomic mass is 19.2. The quantitative estimate of drug-likeness (QED) is 0.317. The molecule has 0 N–H and O–H groups in total. The fraction of sp³-hybridized carbons (Fsp3) is 0. The largest absolute Gasteiger partial charge is 0.451 e. The van der Waals surface area contributed by atoms with Gasteiger partial charge in [0.15, 0.2) is 11.6 Å². The highest BCUT2D eigenvalue weighted by molar-refractivity contribution is 5.69. The number of nitriles is 1. The van der Waals surface area contributed by atoms with Crippen LogP contribution in [0.3, 0.4) is 0 Å². The van der Waals surface area contributed by atoms with Crippen molar-refractivity contribution in [1.29, 1.82) is 5.26 Å². The van der Waals surface area contributed by atoms with E-state index in [1.165, 1.54) is 12.1 Å². The number of hydrogen-bond donors (Lipinski definition) is 0. The maximum absolute atomic E-state index is 13.9. The Morgan fingerprint density at radius 1 is 0.704 bits per heavy atom. The molecule has 6 heteroatoms. The number of halogens is 4. The molecule has 0 aromatic heterocycles. The zero-order valence-corrected chi connectivity index (χ0v) is 13.7. The van der Waals surface area contributed by atoms with Gasteiger partial charge in [-0.05, 0) is 23.3 Å². The third-order valence-corrected chi connectivity index (χ3v) is 3.70. The van der Waals surface area contributed by atoms with Crippen LogP contribution < -0.4 is 4.74 Å². The van der Waals surface area contributed by atoms with E-state index in [1.54, 1.807) is 12.1 Å². The first-order chi connectivity index (χ1) is 13.0. The van der Waals surface area contributed by atoms with Gasteiger partial charge in [-0.15, -0.1) is 0 Å². The lowest BCUT2D eigenvalue weighted by atomic mass is 10.1. The van der Waals surface area contributed by atoms with Crippen molar-refractivity contribution in [1.82, 2.24) is 0 Å². The van der Waals surface area contributed by atoms with E-state index in [0.29, 0.717) is 0 Å². The van der Waals surface area contributed by atoms with Gasteiger partial charge in [-0.25, -0.2) is 8.78 Å². The molecule has 0 unspecified atom stereocenters. The van der Waals surface area contributed by atoms with Gasteiger partial charge in [0.05, 0.1) is 0 Å². The van der Waals surface area contributed by atoms with E-state index in [-0.39, 0.29) is 5.75 Å². The predicted octanol–water partition coefficient (Wildman–Crippen LogP) is 6.08. The van der Waals surface area contributed by atoms with Crippen LogP contribution in [0, 0.1) is 34.6 Å². The molecule has 0 atom stereocenters. The Morgan fingerprint density at radius 2 is 1.22 bits per heavy atom. The SMILES string of the molecule is N#Cc1c(F)c(F)c(Oc2ccc(C=Cc3ccccc3)cc2)c(F)c1F. The average molecular weight is 369 g/mol. The van der Waals surface area contributed by atoms with Crippen LogP contribution in [0.15, 0.2) is 54.6 Å². The molecule has 3 aromatic carbocycles. The Morgan fingerprint density at radius 3 is 1.74 bits per heavy atom. The lowest BCUT2D eigenvalue weighted by Gasteiger charge is -2.10. The van der Waals surface area contributed by atoms with Crippen molar-refractivity contribution in [3.8, 4) is 17.6 Å². The van der Waals surface area contributed by atoms with Gasteiger partial charge in [0.25, 0.3) is 0 Å². The summed E-state index contributed by atoms with van der Waals surface area (Å²) in [5, 5.41) is 8.58. The van der Waals surface area contributed by atoms with Gasteiger partial charge in [-0.1, -0.05) is 54.6 Å². The molecule has 0 spiro atoms. The van der Waals surface area contributed by atoms with Crippen LogP contribution in [0.2, 0.25) is 0 Å². The van der Waals surface area contributed by atoms with Crippen molar-refractivity contribution in [2.45, 2.75) is 0 Å². The summed E-state index contributed by atoms with van der Waals surface area (Å²) in [5.74, 6) is -8.38. The van der Waals surface area contributed by atoms with Crippen molar-refractivity contribution >= 4 is 12.2 Å². The molecule has 0 heterocycles. The Balaban J connectivity index is 1.84. The second kappa shape index (κ2) is 7.75. The van der Waals surface area contributed by atoms with Crippen molar-refractivity contribution in [2.75, 3.05) is 0 Å². The molecule has 0 aliphatic carbocycles. The van der Waals surface area contributed by atoms with Crippen LogP contribution in [-0.2, 0) is 0 Å². The molecule has 0 aliphatic rings. The lowest BCUT2D eigenvalue weighted by Crippen LogP contribution is -2.04. The standard InChI is InChI=1S/C21H11F4NO/c22-17-16(12-26)18(23)20(25)21(19(17)24)27-15-10-8-14(9-11-15)7-6-13-4-2-1-3-5-13/h1-11H. The van der Waals surface area contributed by atoms with Crippen LogP contribution in [0.4, 0.5) is 17.6 Å². The monoisotopic (exact) mass is 369 g/mol. The summed E-state index contributed by atoms with van der Waals surface area (Å²) in [7, 11) is 0. The molecular formula is C21H11F4NO. The minimum atomic E-state index is -1.80. The van der Waals surface area contributed by atoms with Gasteiger partial charge in [0, 0.05) is 0 Å². The van der Waals surface area contributed by atoms with E-state index < -0.39 is 34.6 Å². The first kappa shape index (κ1) is 18.2. The maximum Gasteiger partial charge on any atom is 0.205 e. The number of nitrogens with zero attached hydrogens (tertiary/aromatic N) is 1. The first-order valence-corrected chi connectivity index (χ1v) is 7.78. The molecule has 0 radical (unpaired) electrons. The van der Waals surface area contributed by atoms with E-state index in [1.807, 2.05) is 42.5 Å². The van der Waals surface area contributed by atoms with E-state index in [2.05, 4.69) is 0 Å². The molecule has 134 valence electrons. The first-order valence-electron chi connectivity index (χ1n) is 7.78. The normalized spacial score (nSPS) is 10.8. The molecule has 0 fully saturated rings. The fourth-order valence-corrected chi connectivity index (χ4v) is 2.32. The van der Waals surface area contributed by atoms with Crippen LogP contribution in [0.25, 0.3) is 12.2 Å². The molecule has 0 saturated heterocycles. The lowest BCUT2D eigenvalue weighted by molar-refractivity contribution is 0.364. The van der Waals surface area contributed by atoms with Gasteiger partial charge in [-0.3, -0.25) is 0 Å². The fourth-order valence-electron chi connectivity index (χ4n) is 2.32. The van der Waals surface area contributed by atoms with Crippen molar-refractivity contribution in [3.05, 3.63) is 94.6 Å². The van der Waals surface area contributed by atoms with Gasteiger partial charge < -0.3 is 4.74 Å². The smallest absolute Gasteiger partial charge is 0.205 e. The van der Waals surface area contributed by atoms with Crippen LogP contribution in [0.5, 0.6) is 11.5 Å². The maximum atomic E-state index is 13.9. The summed E-state index contributed by atoms with van der Waals surface area (Å²) in [6.07, 6.45) is 3.70. The average Bonchev–Trinajstić information content (AvgIpc) is 2.70. The minimum absolute atomic E-state index is 0.0202. The molecule has 3 rings (SSSR count). The van der Waals surface area contributed by atoms with Gasteiger partial charge in [0.1, 0.15) is 17.4 Å². The van der Waals surface area contributed by atoms with Gasteiger partial charge >= 0.3 is 0 Å². The summed E-state index contributed by atoms with van der Waals surface area (Å²) in [6.45, 7) is 0. The molecule has 0 amide bonds. The Bertz CT molecular complexity index is 1010. The van der Waals surface area contributed by atoms with Gasteiger partial charge in [-0.2, -0.15) is 14.0 Å². The highest BCUT2D eigenvalue weighted by Crippen LogP contribution is 2.33. The predicted molar refractivity (Wildman–Crippen MR) is 92.9 cm³/mol. The Labute approximate surface area is 152 Å². The number of rotatable bonds is 4. The van der Waals surface area contributed by atoms with Crippen LogP contribution >= 0.6 is 0 Å². The van der Waals surface area contributed by atoms with E-state index in [4.69, 9.17) is 10.00 Å². The number of ether oxygens (including phenoxy) is 1. The second-order valence-corrected chi connectivity index (χ2v) is 5.49. The molecular weight excluding hydrogens is 358 g/mol. The number of benzene rings is 3. The molecule has 0 bridgehead atoms. The molecule has 0 aliphatic heterocycles. The Hall–Kier alpha value is -3.59. The summed E-state index contributed by atoms with van der Waals surface area (Å²) < 4.78 is 60.0. The topological polar surface area (TPSA) is 33.0 Å². The highest BCUT2D eigenvalue weighted by Gasteiger charge is 2.27. The minimum Gasteiger partial charge on any atom is -0.451 e. The zero-order valence-electron chi connectivity index (χ0n) is 13.7. The molecule has 2 nitrogen and oxygen atoms in total. The third-order valence-electron chi connectivity index (χ3n) is 3.70. The summed E-state index contributed by atoms with van der Waals surface area (Å²) in [4.78, 5) is 0. The van der Waals surface area contributed by atoms with Crippen LogP contribution in [-0.4, -0.2) is 0 Å². The molecule has 27 heavy (non-hydrogen) atoms. The third kappa shape index (κ3) is 3.82. The van der Waals surface area contributed by atoms with Crippen LogP contribution in [0.1, 0.15) is 16.7 Å². The summed E-state index contributed by atoms with van der Waals surface area (Å²) in [6, 6.07) is 16.6. The van der Waals surface area contributed by atoms with Crippen molar-refractivity contribution in [2.24, 2.45) is 0 Å². The van der Waals surface area contributed by atoms with Crippen molar-refractivity contribution < 1.29 is 22.3 Å². The van der Waals surface area contributed by atoms with Gasteiger partial charge in [0.2, 0.25) is 17.4 Å². The van der Waals surface area contributed by atoms with Crippen molar-refractivity contribution in [3.63, 3.8) is 0 Å². The number of hydrogen-bond acceptors (Lipinski definition) is 2. The van der Waals surface area contributed by atoms with E-state index in [0.717, 1.165) is 17.2 Å². The second-order valence-electron chi connectivity index (χ2n) is 5.49.